The van der Waals surface area contributed by atoms with E-state index >= 15 is 0 Å². The van der Waals surface area contributed by atoms with Crippen LogP contribution in [0.1, 0.15) is 26.3 Å². The summed E-state index contributed by atoms with van der Waals surface area (Å²) in [5.74, 6) is 0.192. The fourth-order valence-corrected chi connectivity index (χ4v) is 3.29. The minimum absolute atomic E-state index is 0.192. The summed E-state index contributed by atoms with van der Waals surface area (Å²) in [6, 6.07) is 5.02. The normalized spacial score (nSPS) is 17.9. The van der Waals surface area contributed by atoms with Crippen molar-refractivity contribution in [3.63, 3.8) is 0 Å². The summed E-state index contributed by atoms with van der Waals surface area (Å²) >= 11 is 1.38. The molecule has 1 aromatic carbocycles. The summed E-state index contributed by atoms with van der Waals surface area (Å²) in [6.45, 7) is 5.87. The maximum atomic E-state index is 12.9. The average Bonchev–Trinajstić information content (AvgIpc) is 2.91. The van der Waals surface area contributed by atoms with Crippen LogP contribution in [-0.2, 0) is 10.9 Å². The maximum absolute atomic E-state index is 12.9. The maximum Gasteiger partial charge on any atom is 0.416 e. The average molecular weight is 360 g/mol. The van der Waals surface area contributed by atoms with Crippen molar-refractivity contribution in [1.82, 2.24) is 5.32 Å². The molecule has 0 saturated carbocycles. The molecule has 24 heavy (non-hydrogen) atoms. The minimum atomic E-state index is -4.42. The third kappa shape index (κ3) is 4.37. The Bertz CT molecular complexity index is 632. The molecular weight excluding hydrogens is 341 g/mol. The molecule has 132 valence electrons. The molecule has 0 spiro atoms. The molecule has 1 N–H and O–H groups in total. The molecular formula is C16H19F3N2O2S. The Morgan fingerprint density at radius 2 is 2.12 bits per heavy atom. The van der Waals surface area contributed by atoms with E-state index in [2.05, 4.69) is 5.32 Å². The van der Waals surface area contributed by atoms with Crippen molar-refractivity contribution >= 4 is 23.5 Å². The highest BCUT2D eigenvalue weighted by molar-refractivity contribution is 8.04. The lowest BCUT2D eigenvalue weighted by Gasteiger charge is -2.25. The molecule has 1 aliphatic rings. The highest BCUT2D eigenvalue weighted by Gasteiger charge is 2.33. The topological polar surface area (TPSA) is 41.6 Å². The van der Waals surface area contributed by atoms with Crippen LogP contribution in [-0.4, -0.2) is 18.2 Å². The Hall–Kier alpha value is -1.83. The molecule has 4 nitrogen and oxygen atoms in total. The molecule has 2 rings (SSSR count). The number of nitrogens with one attached hydrogen (secondary N) is 1. The van der Waals surface area contributed by atoms with Crippen molar-refractivity contribution in [1.29, 1.82) is 0 Å². The van der Waals surface area contributed by atoms with Gasteiger partial charge in [-0.25, -0.2) is 4.79 Å². The molecule has 1 heterocycles. The predicted octanol–water partition coefficient (Wildman–Crippen LogP) is 4.79. The van der Waals surface area contributed by atoms with E-state index in [9.17, 15) is 18.0 Å². The third-order valence-electron chi connectivity index (χ3n) is 3.32. The second kappa shape index (κ2) is 7.38. The quantitative estimate of drug-likeness (QED) is 0.839. The van der Waals surface area contributed by atoms with Crippen LogP contribution >= 0.6 is 11.8 Å². The number of anilines is 1. The Balaban J connectivity index is 2.30. The van der Waals surface area contributed by atoms with E-state index in [1.54, 1.807) is 24.1 Å². The van der Waals surface area contributed by atoms with E-state index in [-0.39, 0.29) is 12.5 Å². The van der Waals surface area contributed by atoms with Crippen LogP contribution in [0.25, 0.3) is 0 Å². The van der Waals surface area contributed by atoms with Crippen molar-refractivity contribution in [2.75, 3.05) is 11.5 Å². The standard InChI is InChI=1S/C16H19F3N2O2S/c1-4-23-15(22)20-14-21(9-13(24-14)10(2)3)12-7-5-6-11(8-12)16(17,18)19/h5-10,14H,4H2,1-3H3,(H,20,22). The second-order valence-electron chi connectivity index (χ2n) is 5.48. The summed E-state index contributed by atoms with van der Waals surface area (Å²) in [5, 5.41) is 2.67. The lowest BCUT2D eigenvalue weighted by Crippen LogP contribution is -2.42. The van der Waals surface area contributed by atoms with Crippen molar-refractivity contribution < 1.29 is 22.7 Å². The molecule has 0 bridgehead atoms. The molecule has 0 fully saturated rings. The highest BCUT2D eigenvalue weighted by Crippen LogP contribution is 2.40. The van der Waals surface area contributed by atoms with Gasteiger partial charge in [-0.15, -0.1) is 0 Å². The van der Waals surface area contributed by atoms with Gasteiger partial charge in [-0.05, 0) is 31.0 Å². The van der Waals surface area contributed by atoms with Gasteiger partial charge in [-0.3, -0.25) is 5.32 Å². The van der Waals surface area contributed by atoms with E-state index in [0.29, 0.717) is 5.69 Å². The van der Waals surface area contributed by atoms with Crippen molar-refractivity contribution in [3.05, 3.63) is 40.9 Å². The van der Waals surface area contributed by atoms with Crippen molar-refractivity contribution in [2.24, 2.45) is 5.92 Å². The van der Waals surface area contributed by atoms with Crippen LogP contribution in [0.15, 0.2) is 35.4 Å². The lowest BCUT2D eigenvalue weighted by molar-refractivity contribution is -0.137. The number of carbonyl (C=O) groups excluding carboxylic acids is 1. The second-order valence-corrected chi connectivity index (χ2v) is 6.63. The summed E-state index contributed by atoms with van der Waals surface area (Å²) < 4.78 is 43.7. The van der Waals surface area contributed by atoms with Crippen LogP contribution in [0.2, 0.25) is 0 Å². The molecule has 1 aromatic rings. The van der Waals surface area contributed by atoms with Crippen LogP contribution in [0.4, 0.5) is 23.7 Å². The molecule has 1 amide bonds. The smallest absolute Gasteiger partial charge is 0.416 e. The number of alkyl carbamates (subject to hydrolysis) is 1. The fourth-order valence-electron chi connectivity index (χ4n) is 2.13. The third-order valence-corrected chi connectivity index (χ3v) is 4.74. The zero-order valence-electron chi connectivity index (χ0n) is 13.6. The number of hydrogen-bond donors (Lipinski definition) is 1. The molecule has 1 unspecified atom stereocenters. The number of amides is 1. The van der Waals surface area contributed by atoms with E-state index in [4.69, 9.17) is 4.74 Å². The molecule has 0 aromatic heterocycles. The number of benzene rings is 1. The van der Waals surface area contributed by atoms with Gasteiger partial charge in [0.15, 0.2) is 5.50 Å². The highest BCUT2D eigenvalue weighted by atomic mass is 32.2. The number of carbonyl (C=O) groups is 1. The van der Waals surface area contributed by atoms with E-state index < -0.39 is 23.3 Å². The van der Waals surface area contributed by atoms with Crippen LogP contribution in [0, 0.1) is 5.92 Å². The summed E-state index contributed by atoms with van der Waals surface area (Å²) in [7, 11) is 0. The largest absolute Gasteiger partial charge is 0.450 e. The van der Waals surface area contributed by atoms with Crippen LogP contribution in [0.5, 0.6) is 0 Å². The van der Waals surface area contributed by atoms with Gasteiger partial charge in [0, 0.05) is 16.8 Å². The number of nitrogens with zero attached hydrogens (tertiary/aromatic N) is 1. The molecule has 1 atom stereocenters. The van der Waals surface area contributed by atoms with Crippen molar-refractivity contribution in [2.45, 2.75) is 32.4 Å². The first-order valence-electron chi connectivity index (χ1n) is 7.49. The van der Waals surface area contributed by atoms with Crippen LogP contribution in [0.3, 0.4) is 0 Å². The van der Waals surface area contributed by atoms with E-state index in [0.717, 1.165) is 17.0 Å². The van der Waals surface area contributed by atoms with E-state index in [1.165, 1.54) is 17.8 Å². The monoisotopic (exact) mass is 360 g/mol. The predicted molar refractivity (Wildman–Crippen MR) is 88.4 cm³/mol. The number of halogens is 3. The van der Waals surface area contributed by atoms with E-state index in [1.807, 2.05) is 13.8 Å². The van der Waals surface area contributed by atoms with Gasteiger partial charge in [0.2, 0.25) is 0 Å². The first-order chi connectivity index (χ1) is 11.2. The number of ether oxygens (including phenoxy) is 1. The Kier molecular flexibility index (Phi) is 5.69. The first kappa shape index (κ1) is 18.5. The minimum Gasteiger partial charge on any atom is -0.450 e. The molecule has 0 radical (unpaired) electrons. The van der Waals surface area contributed by atoms with Crippen molar-refractivity contribution in [3.8, 4) is 0 Å². The molecule has 8 heteroatoms. The number of hydrogen-bond acceptors (Lipinski definition) is 4. The van der Waals surface area contributed by atoms with Gasteiger partial charge >= 0.3 is 12.3 Å². The van der Waals surface area contributed by atoms with Gasteiger partial charge in [-0.2, -0.15) is 13.2 Å². The Labute approximate surface area is 143 Å². The molecule has 0 saturated heterocycles. The Morgan fingerprint density at radius 3 is 2.71 bits per heavy atom. The lowest BCUT2D eigenvalue weighted by atomic mass is 10.1. The Morgan fingerprint density at radius 1 is 1.42 bits per heavy atom. The zero-order valence-corrected chi connectivity index (χ0v) is 14.4. The van der Waals surface area contributed by atoms with Gasteiger partial charge in [0.05, 0.1) is 12.2 Å². The fraction of sp³-hybridized carbons (Fsp3) is 0.438. The number of allylic oxidation sites excluding steroid dienone is 1. The van der Waals surface area contributed by atoms with Gasteiger partial charge in [0.25, 0.3) is 0 Å². The number of alkyl halides is 3. The summed E-state index contributed by atoms with van der Waals surface area (Å²) in [5.41, 5.74) is -0.925. The first-order valence-corrected chi connectivity index (χ1v) is 8.37. The SMILES string of the molecule is CCOC(=O)NC1SC(C(C)C)=CN1c1cccc(C(F)(F)F)c1. The molecule has 0 aliphatic carbocycles. The van der Waals surface area contributed by atoms with Gasteiger partial charge < -0.3 is 9.64 Å². The zero-order chi connectivity index (χ0) is 17.9. The van der Waals surface area contributed by atoms with Gasteiger partial charge in [0.1, 0.15) is 0 Å². The molecule has 1 aliphatic heterocycles. The summed E-state index contributed by atoms with van der Waals surface area (Å²) in [6.07, 6.45) is -3.26. The number of rotatable bonds is 4. The summed E-state index contributed by atoms with van der Waals surface area (Å²) in [4.78, 5) is 14.3. The van der Waals surface area contributed by atoms with Gasteiger partial charge in [-0.1, -0.05) is 31.7 Å². The van der Waals surface area contributed by atoms with Crippen LogP contribution < -0.4 is 10.2 Å². The number of thioether (sulfide) groups is 1.